The molecule has 0 amide bonds. The lowest BCUT2D eigenvalue weighted by Crippen LogP contribution is -2.13. The Morgan fingerprint density at radius 3 is 2.73 bits per heavy atom. The first-order chi connectivity index (χ1) is 14.5. The maximum absolute atomic E-state index is 12.8. The molecule has 0 saturated carbocycles. The van der Waals surface area contributed by atoms with E-state index in [1.54, 1.807) is 36.4 Å². The van der Waals surface area contributed by atoms with Crippen molar-refractivity contribution < 1.29 is 23.2 Å². The second-order valence-corrected chi connectivity index (χ2v) is 7.65. The molecule has 0 aliphatic rings. The smallest absolute Gasteiger partial charge is 0.341 e. The highest BCUT2D eigenvalue weighted by atomic mass is 35.5. The number of esters is 1. The summed E-state index contributed by atoms with van der Waals surface area (Å²) < 4.78 is 31.9. The van der Waals surface area contributed by atoms with Crippen molar-refractivity contribution in [2.24, 2.45) is 0 Å². The number of furan rings is 1. The van der Waals surface area contributed by atoms with E-state index in [0.29, 0.717) is 10.6 Å². The second kappa shape index (κ2) is 8.66. The zero-order valence-electron chi connectivity index (χ0n) is 15.6. The summed E-state index contributed by atoms with van der Waals surface area (Å²) in [5.41, 5.74) is 1.11. The number of para-hydroxylation sites is 2. The van der Waals surface area contributed by atoms with Crippen LogP contribution in [0.1, 0.15) is 10.4 Å². The van der Waals surface area contributed by atoms with Gasteiger partial charge in [-0.05, 0) is 24.3 Å². The Kier molecular flexibility index (Phi) is 5.80. The van der Waals surface area contributed by atoms with Gasteiger partial charge in [0, 0.05) is 17.6 Å². The molecule has 1 N–H and O–H groups in total. The monoisotopic (exact) mass is 442 g/mol. The maximum atomic E-state index is 12.8. The molecule has 0 radical (unpaired) electrons. The fourth-order valence-corrected chi connectivity index (χ4v) is 3.72. The summed E-state index contributed by atoms with van der Waals surface area (Å²) in [4.78, 5) is 16.1. The van der Waals surface area contributed by atoms with Crippen LogP contribution < -0.4 is 9.46 Å². The Morgan fingerprint density at radius 2 is 1.93 bits per heavy atom. The Hall–Kier alpha value is -3.20. The number of benzene rings is 2. The van der Waals surface area contributed by atoms with Gasteiger partial charge < -0.3 is 18.4 Å². The van der Waals surface area contributed by atoms with E-state index < -0.39 is 17.3 Å². The number of halogens is 1. The van der Waals surface area contributed by atoms with Crippen molar-refractivity contribution in [3.8, 4) is 11.6 Å². The number of fused-ring (bicyclic) bond motifs is 1. The number of nitrogens with one attached hydrogen (secondary N) is 1. The van der Waals surface area contributed by atoms with Gasteiger partial charge in [-0.1, -0.05) is 41.9 Å². The molecule has 152 valence electrons. The lowest BCUT2D eigenvalue weighted by molar-refractivity contribution is 0.0598. The number of pyridine rings is 1. The van der Waals surface area contributed by atoms with Crippen LogP contribution in [0.3, 0.4) is 0 Å². The quantitative estimate of drug-likeness (QED) is 0.324. The van der Waals surface area contributed by atoms with Gasteiger partial charge >= 0.3 is 11.1 Å². The molecule has 0 aliphatic heterocycles. The maximum Gasteiger partial charge on any atom is 0.341 e. The number of carbonyl (C=O) groups excluding carboxylic acids is 1. The van der Waals surface area contributed by atoms with Crippen LogP contribution in [0, 0.1) is 0 Å². The largest absolute Gasteiger partial charge is 0.585 e. The van der Waals surface area contributed by atoms with E-state index in [9.17, 15) is 9.35 Å². The molecule has 0 spiro atoms. The molecule has 0 saturated heterocycles. The number of ether oxygens (including phenoxy) is 2. The third-order valence-electron chi connectivity index (χ3n) is 4.11. The van der Waals surface area contributed by atoms with Crippen LogP contribution in [0.25, 0.3) is 11.0 Å². The first kappa shape index (κ1) is 20.1. The van der Waals surface area contributed by atoms with Crippen LogP contribution in [0.2, 0.25) is 5.02 Å². The molecular weight excluding hydrogens is 428 g/mol. The van der Waals surface area contributed by atoms with E-state index >= 15 is 0 Å². The summed E-state index contributed by atoms with van der Waals surface area (Å²) >= 11 is 4.32. The highest BCUT2D eigenvalue weighted by Crippen LogP contribution is 2.33. The van der Waals surface area contributed by atoms with Crippen molar-refractivity contribution in [1.82, 2.24) is 4.98 Å². The molecule has 0 fully saturated rings. The minimum Gasteiger partial charge on any atom is -0.585 e. The molecule has 0 bridgehead atoms. The Balaban J connectivity index is 1.63. The summed E-state index contributed by atoms with van der Waals surface area (Å²) in [7, 11) is 1.28. The highest BCUT2D eigenvalue weighted by Gasteiger charge is 2.22. The van der Waals surface area contributed by atoms with Gasteiger partial charge in [0.15, 0.2) is 0 Å². The normalized spacial score (nSPS) is 11.8. The summed E-state index contributed by atoms with van der Waals surface area (Å²) in [6.07, 6.45) is 1.38. The van der Waals surface area contributed by atoms with Gasteiger partial charge in [-0.25, -0.2) is 9.78 Å². The zero-order chi connectivity index (χ0) is 21.1. The Bertz CT molecular complexity index is 1180. The van der Waals surface area contributed by atoms with Crippen molar-refractivity contribution in [3.63, 3.8) is 0 Å². The zero-order valence-corrected chi connectivity index (χ0v) is 17.2. The number of nitrogens with zero attached hydrogens (tertiary/aromatic N) is 1. The van der Waals surface area contributed by atoms with Crippen molar-refractivity contribution in [1.29, 1.82) is 0 Å². The van der Waals surface area contributed by atoms with Gasteiger partial charge in [-0.3, -0.25) is 0 Å². The van der Waals surface area contributed by atoms with Gasteiger partial charge in [0.2, 0.25) is 5.88 Å². The number of hydrogen-bond acceptors (Lipinski definition) is 7. The number of aromatic nitrogens is 1. The molecule has 4 rings (SSSR count). The minimum absolute atomic E-state index is 0.0835. The predicted octanol–water partition coefficient (Wildman–Crippen LogP) is 5.19. The lowest BCUT2D eigenvalue weighted by Gasteiger charge is -2.14. The molecule has 9 heteroatoms. The van der Waals surface area contributed by atoms with E-state index in [4.69, 9.17) is 25.5 Å². The van der Waals surface area contributed by atoms with Gasteiger partial charge in [-0.15, -0.1) is 0 Å². The molecule has 1 atom stereocenters. The third-order valence-corrected chi connectivity index (χ3v) is 5.28. The highest BCUT2D eigenvalue weighted by molar-refractivity contribution is 7.92. The van der Waals surface area contributed by atoms with Crippen LogP contribution in [0.5, 0.6) is 11.6 Å². The molecule has 2 aromatic heterocycles. The van der Waals surface area contributed by atoms with Gasteiger partial charge in [0.05, 0.1) is 12.1 Å². The topological polar surface area (TPSA) is 96.7 Å². The van der Waals surface area contributed by atoms with Crippen LogP contribution in [0.4, 0.5) is 5.69 Å². The Morgan fingerprint density at radius 1 is 1.17 bits per heavy atom. The molecule has 2 heterocycles. The van der Waals surface area contributed by atoms with E-state index in [1.807, 2.05) is 18.2 Å². The van der Waals surface area contributed by atoms with Crippen LogP contribution in [-0.4, -0.2) is 22.6 Å². The average molecular weight is 443 g/mol. The van der Waals surface area contributed by atoms with Crippen LogP contribution in [-0.2, 0) is 16.1 Å². The fourth-order valence-electron chi connectivity index (χ4n) is 2.72. The fraction of sp³-hybridized carbons (Fsp3) is 0.0476. The van der Waals surface area contributed by atoms with Crippen molar-refractivity contribution in [3.05, 3.63) is 77.4 Å². The molecule has 1 unspecified atom stereocenters. The molecule has 7 nitrogen and oxygen atoms in total. The first-order valence-electron chi connectivity index (χ1n) is 8.73. The summed E-state index contributed by atoms with van der Waals surface area (Å²) in [5.74, 6) is -0.239. The lowest BCUT2D eigenvalue weighted by atomic mass is 10.2. The van der Waals surface area contributed by atoms with Gasteiger partial charge in [-0.2, -0.15) is 4.72 Å². The standard InChI is InChI=1S/C21H15ClN2O5S/c1-27-21(25)15-7-3-5-9-18(15)29-20-16(11-14(22)12-23-20)24-30(26)19-10-13-6-2-4-8-17(13)28-19/h2-12,24H,1H3. The summed E-state index contributed by atoms with van der Waals surface area (Å²) in [5, 5.41) is 1.38. The average Bonchev–Trinajstić information content (AvgIpc) is 3.20. The van der Waals surface area contributed by atoms with E-state index in [1.165, 1.54) is 19.4 Å². The molecular formula is C21H15ClN2O5S. The number of methoxy groups -OCH3 is 1. The van der Waals surface area contributed by atoms with E-state index in [2.05, 4.69) is 9.71 Å². The van der Waals surface area contributed by atoms with E-state index in [-0.39, 0.29) is 28.0 Å². The number of rotatable bonds is 6. The van der Waals surface area contributed by atoms with Crippen molar-refractivity contribution in [2.45, 2.75) is 5.09 Å². The third kappa shape index (κ3) is 4.20. The second-order valence-electron chi connectivity index (χ2n) is 6.07. The first-order valence-corrected chi connectivity index (χ1v) is 10.3. The van der Waals surface area contributed by atoms with E-state index in [0.717, 1.165) is 5.39 Å². The SMILES string of the molecule is COC(=O)c1ccccc1Oc1ncc(Cl)cc1N[S+]([O-])c1cc2ccccc2o1. The molecule has 4 aromatic rings. The molecule has 30 heavy (non-hydrogen) atoms. The number of anilines is 1. The molecule has 2 aromatic carbocycles. The van der Waals surface area contributed by atoms with Crippen molar-refractivity contribution >= 4 is 45.6 Å². The minimum atomic E-state index is -1.75. The van der Waals surface area contributed by atoms with Gasteiger partial charge in [0.25, 0.3) is 0 Å². The summed E-state index contributed by atoms with van der Waals surface area (Å²) in [6, 6.07) is 17.1. The predicted molar refractivity (Wildman–Crippen MR) is 113 cm³/mol. The van der Waals surface area contributed by atoms with Gasteiger partial charge in [0.1, 0.15) is 33.9 Å². The number of hydrogen-bond donors (Lipinski definition) is 1. The summed E-state index contributed by atoms with van der Waals surface area (Å²) in [6.45, 7) is 0. The van der Waals surface area contributed by atoms with Crippen LogP contribution >= 0.6 is 11.6 Å². The Labute approximate surface area is 179 Å². The van der Waals surface area contributed by atoms with Crippen molar-refractivity contribution in [2.75, 3.05) is 11.8 Å². The molecule has 0 aliphatic carbocycles. The van der Waals surface area contributed by atoms with Crippen LogP contribution in [0.15, 0.2) is 76.4 Å². The number of carbonyl (C=O) groups is 1.